The van der Waals surface area contributed by atoms with Gasteiger partial charge >= 0.3 is 0 Å². The van der Waals surface area contributed by atoms with Crippen molar-refractivity contribution in [2.75, 3.05) is 32.7 Å². The second-order valence-corrected chi connectivity index (χ2v) is 7.51. The van der Waals surface area contributed by atoms with Gasteiger partial charge in [-0.3, -0.25) is 14.5 Å². The molecule has 5 heteroatoms. The van der Waals surface area contributed by atoms with Gasteiger partial charge in [0.1, 0.15) is 0 Å². The van der Waals surface area contributed by atoms with E-state index in [0.29, 0.717) is 26.2 Å². The van der Waals surface area contributed by atoms with Crippen LogP contribution in [0.1, 0.15) is 31.9 Å². The van der Waals surface area contributed by atoms with E-state index in [2.05, 4.69) is 43.0 Å². The number of hydrogen-bond donors (Lipinski definition) is 0. The first-order chi connectivity index (χ1) is 12.0. The van der Waals surface area contributed by atoms with Gasteiger partial charge in [0.25, 0.3) is 0 Å². The quantitative estimate of drug-likeness (QED) is 0.840. The fourth-order valence-electron chi connectivity index (χ4n) is 4.05. The number of rotatable bonds is 3. The molecule has 0 bridgehead atoms. The molecular weight excluding hydrogens is 314 g/mol. The number of carbonyl (C=O) groups is 2. The molecule has 2 heterocycles. The zero-order chi connectivity index (χ0) is 18.0. The topological polar surface area (TPSA) is 43.9 Å². The average molecular weight is 343 g/mol. The summed E-state index contributed by atoms with van der Waals surface area (Å²) in [6.45, 7) is 10.2. The van der Waals surface area contributed by atoms with Crippen molar-refractivity contribution >= 4 is 11.8 Å². The predicted octanol–water partition coefficient (Wildman–Crippen LogP) is 1.76. The maximum Gasteiger partial charge on any atom is 0.240 e. The van der Waals surface area contributed by atoms with Crippen LogP contribution in [0.3, 0.4) is 0 Å². The summed E-state index contributed by atoms with van der Waals surface area (Å²) in [5, 5.41) is 0. The van der Waals surface area contributed by atoms with Crippen LogP contribution in [-0.2, 0) is 22.6 Å². The van der Waals surface area contributed by atoms with Crippen molar-refractivity contribution in [2.45, 2.75) is 39.8 Å². The third-order valence-electron chi connectivity index (χ3n) is 5.47. The summed E-state index contributed by atoms with van der Waals surface area (Å²) in [6, 6.07) is 8.45. The van der Waals surface area contributed by atoms with Gasteiger partial charge in [0.2, 0.25) is 11.8 Å². The van der Waals surface area contributed by atoms with Crippen LogP contribution in [0.15, 0.2) is 24.3 Å². The van der Waals surface area contributed by atoms with Crippen molar-refractivity contribution in [1.29, 1.82) is 0 Å². The summed E-state index contributed by atoms with van der Waals surface area (Å²) in [6.07, 6.45) is 1.00. The fraction of sp³-hybridized carbons (Fsp3) is 0.600. The molecule has 3 rings (SSSR count). The summed E-state index contributed by atoms with van der Waals surface area (Å²) in [4.78, 5) is 30.8. The fourth-order valence-corrected chi connectivity index (χ4v) is 4.05. The van der Waals surface area contributed by atoms with E-state index in [0.717, 1.165) is 19.5 Å². The normalized spacial score (nSPS) is 19.7. The van der Waals surface area contributed by atoms with Gasteiger partial charge in [-0.25, -0.2) is 0 Å². The Labute approximate surface area is 150 Å². The van der Waals surface area contributed by atoms with E-state index >= 15 is 0 Å². The number of carbonyl (C=O) groups excluding carboxylic acids is 2. The molecule has 0 unspecified atom stereocenters. The Hall–Kier alpha value is -1.88. The van der Waals surface area contributed by atoms with Gasteiger partial charge in [-0.05, 0) is 23.5 Å². The van der Waals surface area contributed by atoms with Crippen LogP contribution < -0.4 is 0 Å². The van der Waals surface area contributed by atoms with E-state index in [-0.39, 0.29) is 23.8 Å². The average Bonchev–Trinajstić information content (AvgIpc) is 2.61. The minimum Gasteiger partial charge on any atom is -0.339 e. The lowest BCUT2D eigenvalue weighted by Gasteiger charge is -2.41. The highest BCUT2D eigenvalue weighted by Crippen LogP contribution is 2.24. The van der Waals surface area contributed by atoms with Crippen molar-refractivity contribution < 1.29 is 9.59 Å². The van der Waals surface area contributed by atoms with Gasteiger partial charge < -0.3 is 9.80 Å². The number of fused-ring (bicyclic) bond motifs is 1. The van der Waals surface area contributed by atoms with Crippen LogP contribution in [0, 0.1) is 5.92 Å². The SMILES string of the molecule is CC(=O)N1CCN(C(=O)[C@H](C(C)C)N2CCc3ccccc3C2)CC1. The molecule has 1 aromatic rings. The number of hydrogen-bond acceptors (Lipinski definition) is 3. The predicted molar refractivity (Wildman–Crippen MR) is 98.0 cm³/mol. The van der Waals surface area contributed by atoms with E-state index < -0.39 is 0 Å². The highest BCUT2D eigenvalue weighted by atomic mass is 16.2. The van der Waals surface area contributed by atoms with Crippen LogP contribution in [0.5, 0.6) is 0 Å². The molecule has 0 aromatic heterocycles. The van der Waals surface area contributed by atoms with Gasteiger partial charge in [-0.1, -0.05) is 38.1 Å². The Balaban J connectivity index is 1.69. The van der Waals surface area contributed by atoms with Gasteiger partial charge in [0, 0.05) is 46.2 Å². The number of amides is 2. The molecule has 0 radical (unpaired) electrons. The van der Waals surface area contributed by atoms with E-state index in [4.69, 9.17) is 0 Å². The molecule has 0 spiro atoms. The second kappa shape index (κ2) is 7.56. The van der Waals surface area contributed by atoms with Crippen LogP contribution in [0.2, 0.25) is 0 Å². The highest BCUT2D eigenvalue weighted by Gasteiger charge is 2.35. The molecule has 2 aliphatic heterocycles. The zero-order valence-electron chi connectivity index (χ0n) is 15.6. The Bertz CT molecular complexity index is 636. The van der Waals surface area contributed by atoms with Crippen molar-refractivity contribution in [3.63, 3.8) is 0 Å². The summed E-state index contributed by atoms with van der Waals surface area (Å²) in [7, 11) is 0. The third-order valence-corrected chi connectivity index (χ3v) is 5.47. The molecule has 1 atom stereocenters. The van der Waals surface area contributed by atoms with Gasteiger partial charge in [0.15, 0.2) is 0 Å². The Kier molecular flexibility index (Phi) is 5.42. The maximum absolute atomic E-state index is 13.2. The third kappa shape index (κ3) is 3.87. The van der Waals surface area contributed by atoms with E-state index in [1.807, 2.05) is 9.80 Å². The lowest BCUT2D eigenvalue weighted by Crippen LogP contribution is -2.57. The second-order valence-electron chi connectivity index (χ2n) is 7.51. The molecular formula is C20H29N3O2. The molecule has 2 aliphatic rings. The van der Waals surface area contributed by atoms with Crippen molar-refractivity contribution in [3.05, 3.63) is 35.4 Å². The Morgan fingerprint density at radius 2 is 1.52 bits per heavy atom. The molecule has 1 saturated heterocycles. The first-order valence-corrected chi connectivity index (χ1v) is 9.32. The van der Waals surface area contributed by atoms with Crippen LogP contribution >= 0.6 is 0 Å². The molecule has 0 saturated carbocycles. The van der Waals surface area contributed by atoms with Crippen LogP contribution in [0.25, 0.3) is 0 Å². The van der Waals surface area contributed by atoms with E-state index in [9.17, 15) is 9.59 Å². The first kappa shape index (κ1) is 17.9. The first-order valence-electron chi connectivity index (χ1n) is 9.32. The van der Waals surface area contributed by atoms with Crippen LogP contribution in [0.4, 0.5) is 0 Å². The maximum atomic E-state index is 13.2. The van der Waals surface area contributed by atoms with Gasteiger partial charge in [0.05, 0.1) is 6.04 Å². The minimum absolute atomic E-state index is 0.0859. The van der Waals surface area contributed by atoms with E-state index in [1.54, 1.807) is 6.92 Å². The molecule has 136 valence electrons. The Morgan fingerprint density at radius 1 is 0.920 bits per heavy atom. The smallest absolute Gasteiger partial charge is 0.240 e. The standard InChI is InChI=1S/C20H29N3O2/c1-15(2)19(20(25)22-12-10-21(11-13-22)16(3)24)23-9-8-17-6-4-5-7-18(17)14-23/h4-7,15,19H,8-14H2,1-3H3/t19-/m0/s1. The number of piperazine rings is 1. The monoisotopic (exact) mass is 343 g/mol. The number of nitrogens with zero attached hydrogens (tertiary/aromatic N) is 3. The molecule has 0 N–H and O–H groups in total. The molecule has 25 heavy (non-hydrogen) atoms. The summed E-state index contributed by atoms with van der Waals surface area (Å²) in [5.41, 5.74) is 2.75. The molecule has 1 fully saturated rings. The van der Waals surface area contributed by atoms with Gasteiger partial charge in [-0.15, -0.1) is 0 Å². The lowest BCUT2D eigenvalue weighted by molar-refractivity contribution is -0.144. The molecule has 5 nitrogen and oxygen atoms in total. The van der Waals surface area contributed by atoms with Crippen molar-refractivity contribution in [2.24, 2.45) is 5.92 Å². The van der Waals surface area contributed by atoms with Crippen molar-refractivity contribution in [3.8, 4) is 0 Å². The minimum atomic E-state index is -0.0859. The molecule has 1 aromatic carbocycles. The molecule has 0 aliphatic carbocycles. The number of benzene rings is 1. The van der Waals surface area contributed by atoms with Gasteiger partial charge in [-0.2, -0.15) is 0 Å². The largest absolute Gasteiger partial charge is 0.339 e. The lowest BCUT2D eigenvalue weighted by atomic mass is 9.94. The summed E-state index contributed by atoms with van der Waals surface area (Å²) >= 11 is 0. The molecule has 2 amide bonds. The van der Waals surface area contributed by atoms with Crippen molar-refractivity contribution in [1.82, 2.24) is 14.7 Å². The highest BCUT2D eigenvalue weighted by molar-refractivity contribution is 5.82. The summed E-state index contributed by atoms with van der Waals surface area (Å²) in [5.74, 6) is 0.585. The van der Waals surface area contributed by atoms with Crippen LogP contribution in [-0.4, -0.2) is 65.3 Å². The Morgan fingerprint density at radius 3 is 2.12 bits per heavy atom. The zero-order valence-corrected chi connectivity index (χ0v) is 15.6. The summed E-state index contributed by atoms with van der Waals surface area (Å²) < 4.78 is 0. The van der Waals surface area contributed by atoms with E-state index in [1.165, 1.54) is 11.1 Å².